The Kier molecular flexibility index (Phi) is 4.99. The van der Waals surface area contributed by atoms with Crippen LogP contribution in [0.2, 0.25) is 0 Å². The number of sulfone groups is 1. The zero-order chi connectivity index (χ0) is 20.8. The highest BCUT2D eigenvalue weighted by molar-refractivity contribution is 9.10. The molecule has 0 saturated carbocycles. The second-order valence-electron chi connectivity index (χ2n) is 6.79. The van der Waals surface area contributed by atoms with Crippen LogP contribution in [0.5, 0.6) is 0 Å². The SMILES string of the molecule is CC1C(N)=NC(c2cc(Nc3nccc4cc(Br)cnc34)ccc2F)CS1(=O)=O. The molecule has 1 aliphatic rings. The van der Waals surface area contributed by atoms with Gasteiger partial charge in [-0.25, -0.2) is 17.8 Å². The van der Waals surface area contributed by atoms with E-state index in [2.05, 4.69) is 36.2 Å². The topological polar surface area (TPSA) is 110 Å². The number of fused-ring (bicyclic) bond motifs is 1. The number of anilines is 2. The highest BCUT2D eigenvalue weighted by Crippen LogP contribution is 2.31. The van der Waals surface area contributed by atoms with Crippen LogP contribution in [0.4, 0.5) is 15.9 Å². The van der Waals surface area contributed by atoms with E-state index >= 15 is 0 Å². The number of rotatable bonds is 3. The third-order valence-corrected chi connectivity index (χ3v) is 7.37. The molecule has 0 spiro atoms. The number of nitrogens with one attached hydrogen (secondary N) is 1. The van der Waals surface area contributed by atoms with Gasteiger partial charge in [-0.15, -0.1) is 0 Å². The van der Waals surface area contributed by atoms with Gasteiger partial charge >= 0.3 is 0 Å². The molecule has 0 fully saturated rings. The predicted molar refractivity (Wildman–Crippen MR) is 115 cm³/mol. The second kappa shape index (κ2) is 7.34. The molecular weight excluding hydrogens is 461 g/mol. The molecule has 2 aromatic heterocycles. The van der Waals surface area contributed by atoms with E-state index in [9.17, 15) is 12.8 Å². The molecule has 150 valence electrons. The van der Waals surface area contributed by atoms with Gasteiger partial charge in [-0.3, -0.25) is 9.98 Å². The highest BCUT2D eigenvalue weighted by atomic mass is 79.9. The Bertz CT molecular complexity index is 1250. The van der Waals surface area contributed by atoms with Crippen molar-refractivity contribution in [3.8, 4) is 0 Å². The smallest absolute Gasteiger partial charge is 0.162 e. The normalized spacial score (nSPS) is 21.0. The zero-order valence-corrected chi connectivity index (χ0v) is 17.7. The van der Waals surface area contributed by atoms with Gasteiger partial charge in [0.05, 0.1) is 11.8 Å². The van der Waals surface area contributed by atoms with E-state index in [1.165, 1.54) is 19.1 Å². The maximum atomic E-state index is 14.5. The van der Waals surface area contributed by atoms with Gasteiger partial charge in [0, 0.05) is 33.5 Å². The van der Waals surface area contributed by atoms with Gasteiger partial charge < -0.3 is 11.1 Å². The summed E-state index contributed by atoms with van der Waals surface area (Å²) in [6.07, 6.45) is 3.31. The van der Waals surface area contributed by atoms with Crippen LogP contribution < -0.4 is 11.1 Å². The minimum atomic E-state index is -3.50. The fraction of sp³-hybridized carbons (Fsp3) is 0.211. The first-order valence-electron chi connectivity index (χ1n) is 8.76. The Morgan fingerprint density at radius 2 is 2.03 bits per heavy atom. The molecule has 3 heterocycles. The maximum absolute atomic E-state index is 14.5. The van der Waals surface area contributed by atoms with Crippen molar-refractivity contribution in [1.82, 2.24) is 9.97 Å². The van der Waals surface area contributed by atoms with Gasteiger partial charge in [0.2, 0.25) is 0 Å². The predicted octanol–water partition coefficient (Wildman–Crippen LogP) is 3.49. The van der Waals surface area contributed by atoms with Crippen molar-refractivity contribution in [2.24, 2.45) is 10.7 Å². The van der Waals surface area contributed by atoms with Crippen molar-refractivity contribution >= 4 is 54.0 Å². The third kappa shape index (κ3) is 3.82. The molecule has 4 rings (SSSR count). The van der Waals surface area contributed by atoms with Gasteiger partial charge in [0.25, 0.3) is 0 Å². The average Bonchev–Trinajstić information content (AvgIpc) is 2.67. The van der Waals surface area contributed by atoms with Crippen LogP contribution in [-0.2, 0) is 9.84 Å². The van der Waals surface area contributed by atoms with E-state index in [-0.39, 0.29) is 17.2 Å². The lowest BCUT2D eigenvalue weighted by Gasteiger charge is -2.24. The van der Waals surface area contributed by atoms with E-state index < -0.39 is 26.9 Å². The number of hydrogen-bond acceptors (Lipinski definition) is 7. The van der Waals surface area contributed by atoms with Crippen molar-refractivity contribution in [3.63, 3.8) is 0 Å². The minimum absolute atomic E-state index is 0.00971. The Balaban J connectivity index is 1.72. The fourth-order valence-electron chi connectivity index (χ4n) is 3.17. The van der Waals surface area contributed by atoms with Gasteiger partial charge in [-0.05, 0) is 53.2 Å². The first-order valence-corrected chi connectivity index (χ1v) is 11.3. The third-order valence-electron chi connectivity index (χ3n) is 4.83. The van der Waals surface area contributed by atoms with Crippen LogP contribution in [0, 0.1) is 5.82 Å². The lowest BCUT2D eigenvalue weighted by atomic mass is 10.1. The lowest BCUT2D eigenvalue weighted by Crippen LogP contribution is -2.40. The number of aliphatic imine (C=N–C) groups is 1. The van der Waals surface area contributed by atoms with Gasteiger partial charge in [-0.2, -0.15) is 0 Å². The molecule has 29 heavy (non-hydrogen) atoms. The summed E-state index contributed by atoms with van der Waals surface area (Å²) < 4.78 is 40.0. The number of nitrogens with zero attached hydrogens (tertiary/aromatic N) is 3. The summed E-state index contributed by atoms with van der Waals surface area (Å²) in [6, 6.07) is 7.19. The number of pyridine rings is 2. The second-order valence-corrected chi connectivity index (χ2v) is 10.1. The van der Waals surface area contributed by atoms with Gasteiger partial charge in [0.1, 0.15) is 22.4 Å². The number of aromatic nitrogens is 2. The van der Waals surface area contributed by atoms with Crippen molar-refractivity contribution in [2.75, 3.05) is 11.1 Å². The molecular formula is C19H17BrFN5O2S. The van der Waals surface area contributed by atoms with Crippen molar-refractivity contribution in [3.05, 3.63) is 58.6 Å². The lowest BCUT2D eigenvalue weighted by molar-refractivity contribution is 0.567. The highest BCUT2D eigenvalue weighted by Gasteiger charge is 2.34. The molecule has 7 nitrogen and oxygen atoms in total. The van der Waals surface area contributed by atoms with Gasteiger partial charge in [0.15, 0.2) is 15.7 Å². The summed E-state index contributed by atoms with van der Waals surface area (Å²) in [5.41, 5.74) is 7.12. The molecule has 0 radical (unpaired) electrons. The Morgan fingerprint density at radius 1 is 1.24 bits per heavy atom. The molecule has 2 unspecified atom stereocenters. The number of hydrogen-bond donors (Lipinski definition) is 2. The average molecular weight is 478 g/mol. The molecule has 0 saturated heterocycles. The monoisotopic (exact) mass is 477 g/mol. The van der Waals surface area contributed by atoms with Crippen LogP contribution >= 0.6 is 15.9 Å². The molecule has 10 heteroatoms. The summed E-state index contributed by atoms with van der Waals surface area (Å²) >= 11 is 3.39. The fourth-order valence-corrected chi connectivity index (χ4v) is 4.93. The zero-order valence-electron chi connectivity index (χ0n) is 15.3. The molecule has 1 aliphatic heterocycles. The van der Waals surface area contributed by atoms with E-state index in [0.29, 0.717) is 17.0 Å². The van der Waals surface area contributed by atoms with Crippen LogP contribution in [0.3, 0.4) is 0 Å². The van der Waals surface area contributed by atoms with Crippen LogP contribution in [0.25, 0.3) is 10.9 Å². The first-order chi connectivity index (χ1) is 13.7. The summed E-state index contributed by atoms with van der Waals surface area (Å²) in [4.78, 5) is 12.9. The summed E-state index contributed by atoms with van der Waals surface area (Å²) in [6.45, 7) is 1.48. The molecule has 3 aromatic rings. The largest absolute Gasteiger partial charge is 0.386 e. The molecule has 0 aliphatic carbocycles. The summed E-state index contributed by atoms with van der Waals surface area (Å²) in [5, 5.41) is 3.14. The molecule has 0 amide bonds. The summed E-state index contributed by atoms with van der Waals surface area (Å²) in [5.74, 6) is -0.350. The van der Waals surface area contributed by atoms with Crippen LogP contribution in [0.1, 0.15) is 18.5 Å². The number of benzene rings is 1. The number of halogens is 2. The van der Waals surface area contributed by atoms with Crippen molar-refractivity contribution in [2.45, 2.75) is 18.2 Å². The molecule has 2 atom stereocenters. The van der Waals surface area contributed by atoms with Crippen LogP contribution in [-0.4, -0.2) is 35.2 Å². The van der Waals surface area contributed by atoms with Gasteiger partial charge in [-0.1, -0.05) is 0 Å². The van der Waals surface area contributed by atoms with E-state index in [0.717, 1.165) is 9.86 Å². The van der Waals surface area contributed by atoms with Crippen molar-refractivity contribution < 1.29 is 12.8 Å². The number of amidine groups is 1. The van der Waals surface area contributed by atoms with E-state index in [1.54, 1.807) is 18.5 Å². The minimum Gasteiger partial charge on any atom is -0.386 e. The Morgan fingerprint density at radius 3 is 2.79 bits per heavy atom. The summed E-state index contributed by atoms with van der Waals surface area (Å²) in [7, 11) is -3.50. The van der Waals surface area contributed by atoms with E-state index in [1.807, 2.05) is 12.1 Å². The Hall–Kier alpha value is -2.59. The van der Waals surface area contributed by atoms with E-state index in [4.69, 9.17) is 5.73 Å². The number of nitrogens with two attached hydrogens (primary N) is 1. The quantitative estimate of drug-likeness (QED) is 0.597. The molecule has 3 N–H and O–H groups in total. The van der Waals surface area contributed by atoms with Crippen LogP contribution in [0.15, 0.2) is 52.2 Å². The molecule has 1 aromatic carbocycles. The first kappa shape index (κ1) is 19.7. The molecule has 0 bridgehead atoms. The standard InChI is InChI=1S/C19H17BrFN5O2S/c1-10-18(22)26-16(9-29(10,27)28)14-7-13(2-3-15(14)21)25-19-17-11(4-5-23-19)6-12(20)8-24-17/h2-8,10,16H,9H2,1H3,(H2,22,26)(H,23,25). The maximum Gasteiger partial charge on any atom is 0.162 e. The van der Waals surface area contributed by atoms with Crippen molar-refractivity contribution in [1.29, 1.82) is 0 Å². The Labute approximate surface area is 175 Å².